The Bertz CT molecular complexity index is 2220. The first-order valence-electron chi connectivity index (χ1n) is 39.3. The van der Waals surface area contributed by atoms with Crippen LogP contribution in [-0.2, 0) is 61.2 Å². The van der Waals surface area contributed by atoms with E-state index < -0.39 is 156 Å². The van der Waals surface area contributed by atoms with Crippen LogP contribution < -0.4 is 0 Å². The van der Waals surface area contributed by atoms with Crippen molar-refractivity contribution in [3.05, 3.63) is 36.5 Å². The van der Waals surface area contributed by atoms with Gasteiger partial charge in [-0.2, -0.15) is 0 Å². The van der Waals surface area contributed by atoms with Gasteiger partial charge in [-0.1, -0.05) is 263 Å². The van der Waals surface area contributed by atoms with E-state index in [0.717, 1.165) is 89.5 Å². The number of aliphatic hydroxyl groups is 10. The molecule has 1 saturated carbocycles. The van der Waals surface area contributed by atoms with E-state index in [1.165, 1.54) is 167 Å². The van der Waals surface area contributed by atoms with Crippen molar-refractivity contribution in [1.29, 1.82) is 0 Å². The molecule has 2 saturated heterocycles. The second-order valence-corrected chi connectivity index (χ2v) is 29.5. The first kappa shape index (κ1) is 92.4. The molecule has 18 atom stereocenters. The standard InChI is InChI=1S/C76H137O24P/c1-4-7-10-13-16-19-22-25-28-29-31-34-35-38-41-44-47-50-60(78)92-54-57(95-62(80)52-49-46-43-40-37-32-27-24-21-18-15-12-9-6-3)55-94-101(90,91)100-74-72(98-75-70(88)65(83)63(81)58(53-77)96-75)68(86)67(85)69(87)73(74)99-76-71(89)66(84)64(82)59(97-76)56-93-61(79)51-48-45-42-39-36-33-30-26-23-20-17-14-11-8-5-2/h32,37,42,45,48,51,57-59,63-77,81-89H,4-31,33-36,38-41,43-44,46-47,49-50,52-56H2,1-3H3,(H,90,91)/b37-32-,45-42+,51-48+. The topological polar surface area (TPSA) is 374 Å². The third kappa shape index (κ3) is 40.1. The highest BCUT2D eigenvalue weighted by Gasteiger charge is 2.58. The Hall–Kier alpha value is -2.82. The number of unbranched alkanes of at least 4 members (excludes halogenated alkanes) is 37. The summed E-state index contributed by atoms with van der Waals surface area (Å²) >= 11 is 0. The van der Waals surface area contributed by atoms with Crippen molar-refractivity contribution < 1.29 is 117 Å². The maximum absolute atomic E-state index is 14.3. The van der Waals surface area contributed by atoms with Gasteiger partial charge in [0.05, 0.1) is 13.2 Å². The minimum absolute atomic E-state index is 0.0423. The average Bonchev–Trinajstić information content (AvgIpc) is 0.762. The number of allylic oxidation sites excluding steroid dienone is 5. The highest BCUT2D eigenvalue weighted by atomic mass is 31.2. The number of aliphatic hydroxyl groups excluding tert-OH is 10. The lowest BCUT2D eigenvalue weighted by Gasteiger charge is -2.49. The van der Waals surface area contributed by atoms with E-state index in [-0.39, 0.29) is 12.8 Å². The molecule has 11 N–H and O–H groups in total. The molecule has 590 valence electrons. The van der Waals surface area contributed by atoms with E-state index in [2.05, 4.69) is 32.9 Å². The van der Waals surface area contributed by atoms with Gasteiger partial charge in [-0.05, 0) is 51.4 Å². The van der Waals surface area contributed by atoms with Crippen LogP contribution in [0.1, 0.15) is 297 Å². The third-order valence-electron chi connectivity index (χ3n) is 19.2. The van der Waals surface area contributed by atoms with Gasteiger partial charge in [0.15, 0.2) is 18.7 Å². The number of hydrogen-bond donors (Lipinski definition) is 11. The molecule has 3 aliphatic rings. The summed E-state index contributed by atoms with van der Waals surface area (Å²) in [6.07, 6.45) is 21.2. The van der Waals surface area contributed by atoms with Gasteiger partial charge in [0.2, 0.25) is 0 Å². The molecular weight excluding hydrogens is 1330 g/mol. The van der Waals surface area contributed by atoms with E-state index in [1.54, 1.807) is 6.08 Å². The lowest BCUT2D eigenvalue weighted by atomic mass is 9.84. The third-order valence-corrected chi connectivity index (χ3v) is 20.2. The van der Waals surface area contributed by atoms with E-state index in [9.17, 15) is 74.9 Å². The molecule has 18 unspecified atom stereocenters. The van der Waals surface area contributed by atoms with Gasteiger partial charge in [-0.3, -0.25) is 18.6 Å². The highest BCUT2D eigenvalue weighted by Crippen LogP contribution is 2.49. The maximum atomic E-state index is 14.3. The molecule has 0 bridgehead atoms. The smallest absolute Gasteiger partial charge is 0.462 e. The molecule has 0 amide bonds. The Balaban J connectivity index is 1.73. The lowest BCUT2D eigenvalue weighted by molar-refractivity contribution is -0.360. The Labute approximate surface area is 604 Å². The molecule has 0 radical (unpaired) electrons. The van der Waals surface area contributed by atoms with Crippen LogP contribution in [0, 0.1) is 0 Å². The van der Waals surface area contributed by atoms with Crippen LogP contribution in [0.5, 0.6) is 0 Å². The minimum atomic E-state index is -5.71. The molecule has 3 rings (SSSR count). The van der Waals surface area contributed by atoms with Crippen molar-refractivity contribution in [1.82, 2.24) is 0 Å². The first-order valence-corrected chi connectivity index (χ1v) is 40.8. The second-order valence-electron chi connectivity index (χ2n) is 28.1. The Morgan fingerprint density at radius 3 is 1.21 bits per heavy atom. The van der Waals surface area contributed by atoms with Gasteiger partial charge in [-0.25, -0.2) is 9.36 Å². The molecule has 2 heterocycles. The monoisotopic (exact) mass is 1460 g/mol. The number of phosphoric ester groups is 1. The average molecular weight is 1470 g/mol. The zero-order chi connectivity index (χ0) is 73.9. The zero-order valence-electron chi connectivity index (χ0n) is 61.7. The zero-order valence-corrected chi connectivity index (χ0v) is 62.6. The molecule has 25 heteroatoms. The van der Waals surface area contributed by atoms with E-state index in [4.69, 9.17) is 42.2 Å². The molecule has 0 aromatic heterocycles. The molecule has 1 aliphatic carbocycles. The SMILES string of the molecule is CCCCCCCCC/C=C\CCCCCC(=O)OC(COC(=O)CCCCCCCCCCCCCCCCCCC)COP(=O)(O)OC1C(OC2OC(CO)C(O)C(O)C2O)C(O)C(O)C(O)C1OC1OC(COC(=O)/C=C/C=C/CCCCCCCCCCCCC)C(O)C(O)C1O. The van der Waals surface area contributed by atoms with Crippen LogP contribution in [0.4, 0.5) is 0 Å². The molecule has 101 heavy (non-hydrogen) atoms. The van der Waals surface area contributed by atoms with Crippen molar-refractivity contribution in [2.75, 3.05) is 26.4 Å². The fourth-order valence-corrected chi connectivity index (χ4v) is 13.8. The van der Waals surface area contributed by atoms with Crippen molar-refractivity contribution >= 4 is 25.7 Å². The number of hydrogen-bond acceptors (Lipinski definition) is 23. The van der Waals surface area contributed by atoms with Crippen LogP contribution >= 0.6 is 7.82 Å². The highest BCUT2D eigenvalue weighted by molar-refractivity contribution is 7.47. The summed E-state index contributed by atoms with van der Waals surface area (Å²) in [5.41, 5.74) is 0. The summed E-state index contributed by atoms with van der Waals surface area (Å²) in [7, 11) is -5.71. The predicted molar refractivity (Wildman–Crippen MR) is 384 cm³/mol. The van der Waals surface area contributed by atoms with Gasteiger partial charge in [0, 0.05) is 18.9 Å². The normalized spacial score (nSPS) is 27.3. The largest absolute Gasteiger partial charge is 0.472 e. The molecule has 3 fully saturated rings. The van der Waals surface area contributed by atoms with Gasteiger partial charge in [-0.15, -0.1) is 0 Å². The van der Waals surface area contributed by atoms with Gasteiger partial charge < -0.3 is 89.1 Å². The summed E-state index contributed by atoms with van der Waals surface area (Å²) in [6.45, 7) is 3.36. The van der Waals surface area contributed by atoms with E-state index in [0.29, 0.717) is 19.3 Å². The molecule has 0 spiro atoms. The molecule has 0 aromatic rings. The van der Waals surface area contributed by atoms with Crippen LogP contribution in [0.2, 0.25) is 0 Å². The quantitative estimate of drug-likeness (QED) is 0.00512. The summed E-state index contributed by atoms with van der Waals surface area (Å²) in [4.78, 5) is 51.0. The van der Waals surface area contributed by atoms with Crippen LogP contribution in [0.3, 0.4) is 0 Å². The predicted octanol–water partition coefficient (Wildman–Crippen LogP) is 11.5. The van der Waals surface area contributed by atoms with Crippen LogP contribution in [0.15, 0.2) is 36.5 Å². The Morgan fingerprint density at radius 1 is 0.406 bits per heavy atom. The Kier molecular flexibility index (Phi) is 52.5. The van der Waals surface area contributed by atoms with E-state index >= 15 is 0 Å². The molecule has 2 aliphatic heterocycles. The van der Waals surface area contributed by atoms with Crippen LogP contribution in [0.25, 0.3) is 0 Å². The number of carbonyl (C=O) groups is 3. The van der Waals surface area contributed by atoms with Gasteiger partial charge >= 0.3 is 25.7 Å². The van der Waals surface area contributed by atoms with Crippen molar-refractivity contribution in [2.45, 2.75) is 401 Å². The van der Waals surface area contributed by atoms with Crippen LogP contribution in [-0.4, -0.2) is 204 Å². The molecular formula is C76H137O24P. The summed E-state index contributed by atoms with van der Waals surface area (Å²) < 4.78 is 64.9. The van der Waals surface area contributed by atoms with Crippen molar-refractivity contribution in [3.8, 4) is 0 Å². The summed E-state index contributed by atoms with van der Waals surface area (Å²) in [5, 5.41) is 110. The Morgan fingerprint density at radius 2 is 0.772 bits per heavy atom. The lowest BCUT2D eigenvalue weighted by Crippen LogP contribution is -2.69. The fourth-order valence-electron chi connectivity index (χ4n) is 12.8. The second kappa shape index (κ2) is 57.4. The first-order chi connectivity index (χ1) is 48.8. The number of carbonyl (C=O) groups excluding carboxylic acids is 3. The number of rotatable bonds is 61. The minimum Gasteiger partial charge on any atom is -0.462 e. The van der Waals surface area contributed by atoms with Gasteiger partial charge in [0.25, 0.3) is 0 Å². The van der Waals surface area contributed by atoms with E-state index in [1.807, 2.05) is 6.08 Å². The number of phosphoric acid groups is 1. The summed E-state index contributed by atoms with van der Waals surface area (Å²) in [5.74, 6) is -2.24. The molecule has 24 nitrogen and oxygen atoms in total. The van der Waals surface area contributed by atoms with Crippen molar-refractivity contribution in [3.63, 3.8) is 0 Å². The maximum Gasteiger partial charge on any atom is 0.472 e. The fraction of sp³-hybridized carbons (Fsp3) is 0.882. The molecule has 0 aromatic carbocycles. The number of esters is 3. The number of ether oxygens (including phenoxy) is 7. The summed E-state index contributed by atoms with van der Waals surface area (Å²) in [6, 6.07) is 0. The van der Waals surface area contributed by atoms with Gasteiger partial charge in [0.1, 0.15) is 98.7 Å². The van der Waals surface area contributed by atoms with Crippen molar-refractivity contribution in [2.24, 2.45) is 0 Å².